The van der Waals surface area contributed by atoms with Crippen molar-refractivity contribution in [2.75, 3.05) is 17.2 Å². The first-order chi connectivity index (χ1) is 13.2. The van der Waals surface area contributed by atoms with Crippen LogP contribution in [-0.2, 0) is 4.79 Å². The van der Waals surface area contributed by atoms with Gasteiger partial charge >= 0.3 is 0 Å². The highest BCUT2D eigenvalue weighted by atomic mass is 16.5. The molecule has 27 heavy (non-hydrogen) atoms. The van der Waals surface area contributed by atoms with Crippen LogP contribution in [0, 0.1) is 6.92 Å². The molecule has 138 valence electrons. The molecule has 0 saturated heterocycles. The molecule has 3 aromatic rings. The van der Waals surface area contributed by atoms with Crippen molar-refractivity contribution in [2.24, 2.45) is 0 Å². The third kappa shape index (κ3) is 6.11. The first-order valence-electron chi connectivity index (χ1n) is 8.82. The summed E-state index contributed by atoms with van der Waals surface area (Å²) < 4.78 is 5.59. The molecule has 0 aliphatic rings. The van der Waals surface area contributed by atoms with E-state index in [1.165, 1.54) is 6.33 Å². The molecular formula is C21H22N4O2. The number of aryl methyl sites for hydroxylation is 1. The van der Waals surface area contributed by atoms with E-state index in [0.29, 0.717) is 19.4 Å². The lowest BCUT2D eigenvalue weighted by molar-refractivity contribution is -0.116. The highest BCUT2D eigenvalue weighted by Gasteiger charge is 2.04. The van der Waals surface area contributed by atoms with Gasteiger partial charge in [-0.1, -0.05) is 18.2 Å². The number of hydrogen-bond acceptors (Lipinski definition) is 5. The van der Waals surface area contributed by atoms with Gasteiger partial charge in [-0.05, 0) is 49.7 Å². The Morgan fingerprint density at radius 3 is 2.48 bits per heavy atom. The van der Waals surface area contributed by atoms with Crippen LogP contribution in [-0.4, -0.2) is 22.5 Å². The summed E-state index contributed by atoms with van der Waals surface area (Å²) in [7, 11) is 0. The zero-order valence-electron chi connectivity index (χ0n) is 15.2. The number of ether oxygens (including phenoxy) is 1. The molecule has 2 aromatic carbocycles. The Morgan fingerprint density at radius 1 is 1.00 bits per heavy atom. The highest BCUT2D eigenvalue weighted by Crippen LogP contribution is 2.18. The Morgan fingerprint density at radius 2 is 1.74 bits per heavy atom. The van der Waals surface area contributed by atoms with Crippen LogP contribution in [0.5, 0.6) is 5.75 Å². The lowest BCUT2D eigenvalue weighted by Gasteiger charge is -2.09. The van der Waals surface area contributed by atoms with E-state index in [9.17, 15) is 4.79 Å². The number of hydrogen-bond donors (Lipinski definition) is 2. The van der Waals surface area contributed by atoms with E-state index < -0.39 is 0 Å². The molecule has 0 spiro atoms. The number of carbonyl (C=O) groups is 1. The molecule has 1 amide bonds. The van der Waals surface area contributed by atoms with Crippen molar-refractivity contribution in [3.05, 3.63) is 72.7 Å². The molecule has 3 rings (SSSR count). The summed E-state index contributed by atoms with van der Waals surface area (Å²) in [6.45, 7) is 2.43. The Balaban J connectivity index is 1.41. The minimum Gasteiger partial charge on any atom is -0.494 e. The maximum absolute atomic E-state index is 12.0. The monoisotopic (exact) mass is 362 g/mol. The Hall–Kier alpha value is -3.41. The highest BCUT2D eigenvalue weighted by molar-refractivity contribution is 5.90. The number of rotatable bonds is 8. The zero-order valence-corrected chi connectivity index (χ0v) is 15.2. The van der Waals surface area contributed by atoms with E-state index in [1.807, 2.05) is 67.6 Å². The summed E-state index contributed by atoms with van der Waals surface area (Å²) in [5.41, 5.74) is 2.54. The second-order valence-electron chi connectivity index (χ2n) is 6.06. The predicted molar refractivity (Wildman–Crippen MR) is 106 cm³/mol. The van der Waals surface area contributed by atoms with E-state index in [2.05, 4.69) is 20.6 Å². The van der Waals surface area contributed by atoms with Crippen LogP contribution in [0.25, 0.3) is 0 Å². The number of carbonyl (C=O) groups excluding carboxylic acids is 1. The Kier molecular flexibility index (Phi) is 6.35. The Labute approximate surface area is 158 Å². The lowest BCUT2D eigenvalue weighted by Crippen LogP contribution is -2.12. The van der Waals surface area contributed by atoms with E-state index in [-0.39, 0.29) is 5.91 Å². The van der Waals surface area contributed by atoms with Gasteiger partial charge in [-0.3, -0.25) is 4.79 Å². The number of nitrogens with one attached hydrogen (secondary N) is 2. The van der Waals surface area contributed by atoms with Gasteiger partial charge in [-0.25, -0.2) is 9.97 Å². The van der Waals surface area contributed by atoms with E-state index >= 15 is 0 Å². The molecule has 1 aromatic heterocycles. The van der Waals surface area contributed by atoms with Crippen molar-refractivity contribution in [1.29, 1.82) is 0 Å². The topological polar surface area (TPSA) is 76.1 Å². The standard InChI is InChI=1S/C21H22N4O2/c1-16-14-20(23-15-22-16)24-17-9-11-18(12-10-17)25-21(26)8-5-13-27-19-6-3-2-4-7-19/h2-4,6-7,9-12,14-15H,5,8,13H2,1H3,(H,25,26)(H,22,23,24). The third-order valence-electron chi connectivity index (χ3n) is 3.80. The fraction of sp³-hybridized carbons (Fsp3) is 0.190. The SMILES string of the molecule is Cc1cc(Nc2ccc(NC(=O)CCCOc3ccccc3)cc2)ncn1. The number of anilines is 3. The molecule has 0 saturated carbocycles. The molecule has 0 aliphatic carbocycles. The smallest absolute Gasteiger partial charge is 0.224 e. The van der Waals surface area contributed by atoms with Gasteiger partial charge in [-0.2, -0.15) is 0 Å². The number of benzene rings is 2. The van der Waals surface area contributed by atoms with Crippen LogP contribution in [0.3, 0.4) is 0 Å². The second kappa shape index (κ2) is 9.33. The van der Waals surface area contributed by atoms with Crippen LogP contribution in [0.1, 0.15) is 18.5 Å². The van der Waals surface area contributed by atoms with Crippen LogP contribution in [0.2, 0.25) is 0 Å². The van der Waals surface area contributed by atoms with Crippen LogP contribution >= 0.6 is 0 Å². The predicted octanol–water partition coefficient (Wildman–Crippen LogP) is 4.33. The molecule has 2 N–H and O–H groups in total. The fourth-order valence-corrected chi connectivity index (χ4v) is 2.47. The summed E-state index contributed by atoms with van der Waals surface area (Å²) in [4.78, 5) is 20.3. The number of aromatic nitrogens is 2. The van der Waals surface area contributed by atoms with Crippen LogP contribution in [0.4, 0.5) is 17.2 Å². The van der Waals surface area contributed by atoms with E-state index in [1.54, 1.807) is 0 Å². The average molecular weight is 362 g/mol. The number of amides is 1. The van der Waals surface area contributed by atoms with Gasteiger partial charge in [0.1, 0.15) is 17.9 Å². The minimum absolute atomic E-state index is 0.0289. The van der Waals surface area contributed by atoms with Crippen molar-refractivity contribution < 1.29 is 9.53 Å². The minimum atomic E-state index is -0.0289. The molecule has 0 radical (unpaired) electrons. The molecule has 0 unspecified atom stereocenters. The molecule has 0 atom stereocenters. The Bertz CT molecular complexity index is 867. The number of para-hydroxylation sites is 1. The third-order valence-corrected chi connectivity index (χ3v) is 3.80. The molecule has 6 nitrogen and oxygen atoms in total. The molecule has 0 bridgehead atoms. The zero-order chi connectivity index (χ0) is 18.9. The van der Waals surface area contributed by atoms with Gasteiger partial charge in [0.05, 0.1) is 6.61 Å². The average Bonchev–Trinajstić information content (AvgIpc) is 2.68. The maximum atomic E-state index is 12.0. The van der Waals surface area contributed by atoms with Crippen molar-refractivity contribution in [2.45, 2.75) is 19.8 Å². The molecule has 0 aliphatic heterocycles. The van der Waals surface area contributed by atoms with Crippen LogP contribution < -0.4 is 15.4 Å². The molecule has 0 fully saturated rings. The van der Waals surface area contributed by atoms with Crippen molar-refractivity contribution in [1.82, 2.24) is 9.97 Å². The van der Waals surface area contributed by atoms with Gasteiger partial charge in [0, 0.05) is 29.6 Å². The van der Waals surface area contributed by atoms with Crippen molar-refractivity contribution in [3.63, 3.8) is 0 Å². The van der Waals surface area contributed by atoms with Gasteiger partial charge in [0.2, 0.25) is 5.91 Å². The summed E-state index contributed by atoms with van der Waals surface area (Å²) in [6, 6.07) is 19.0. The van der Waals surface area contributed by atoms with Crippen molar-refractivity contribution in [3.8, 4) is 5.75 Å². The summed E-state index contributed by atoms with van der Waals surface area (Å²) in [6.07, 6.45) is 2.59. The van der Waals surface area contributed by atoms with Gasteiger partial charge in [0.25, 0.3) is 0 Å². The van der Waals surface area contributed by atoms with Crippen LogP contribution in [0.15, 0.2) is 67.0 Å². The normalized spacial score (nSPS) is 10.3. The molecule has 6 heteroatoms. The molecule has 1 heterocycles. The van der Waals surface area contributed by atoms with Gasteiger partial charge in [-0.15, -0.1) is 0 Å². The van der Waals surface area contributed by atoms with E-state index in [0.717, 1.165) is 28.6 Å². The van der Waals surface area contributed by atoms with Crippen molar-refractivity contribution >= 4 is 23.1 Å². The van der Waals surface area contributed by atoms with Gasteiger partial charge in [0.15, 0.2) is 0 Å². The second-order valence-corrected chi connectivity index (χ2v) is 6.06. The van der Waals surface area contributed by atoms with Gasteiger partial charge < -0.3 is 15.4 Å². The summed E-state index contributed by atoms with van der Waals surface area (Å²) in [5.74, 6) is 1.52. The quantitative estimate of drug-likeness (QED) is 0.584. The number of nitrogens with zero attached hydrogens (tertiary/aromatic N) is 2. The fourth-order valence-electron chi connectivity index (χ4n) is 2.47. The summed E-state index contributed by atoms with van der Waals surface area (Å²) >= 11 is 0. The summed E-state index contributed by atoms with van der Waals surface area (Å²) in [5, 5.41) is 6.10. The molecular weight excluding hydrogens is 340 g/mol. The first kappa shape index (κ1) is 18.4. The first-order valence-corrected chi connectivity index (χ1v) is 8.82. The maximum Gasteiger partial charge on any atom is 0.224 e. The lowest BCUT2D eigenvalue weighted by atomic mass is 10.2. The van der Waals surface area contributed by atoms with E-state index in [4.69, 9.17) is 4.74 Å². The largest absolute Gasteiger partial charge is 0.494 e.